The van der Waals surface area contributed by atoms with Gasteiger partial charge < -0.3 is 0 Å². The Bertz CT molecular complexity index is 552. The van der Waals surface area contributed by atoms with Gasteiger partial charge in [0.15, 0.2) is 11.7 Å². The van der Waals surface area contributed by atoms with Crippen molar-refractivity contribution in [2.24, 2.45) is 10.9 Å². The summed E-state index contributed by atoms with van der Waals surface area (Å²) in [5, 5.41) is 18.1. The second-order valence-corrected chi connectivity index (χ2v) is 4.28. The van der Waals surface area contributed by atoms with E-state index < -0.39 is 5.92 Å². The smallest absolute Gasteiger partial charge is 0.181 e. The molecule has 90 valence electrons. The van der Waals surface area contributed by atoms with Crippen molar-refractivity contribution in [3.8, 4) is 12.1 Å². The van der Waals surface area contributed by atoms with Crippen LogP contribution in [0.15, 0.2) is 29.3 Å². The molecule has 0 spiro atoms. The molecule has 4 nitrogen and oxygen atoms in total. The van der Waals surface area contributed by atoms with E-state index >= 15 is 0 Å². The van der Waals surface area contributed by atoms with Crippen molar-refractivity contribution >= 4 is 28.3 Å². The SMILES string of the molecule is CSC(=Nc1cccc(C(C)=O)c1)C(C#N)C#N. The lowest BCUT2D eigenvalue weighted by atomic mass is 10.1. The number of nitrogens with zero attached hydrogens (tertiary/aromatic N) is 3. The molecule has 0 saturated carbocycles. The lowest BCUT2D eigenvalue weighted by Gasteiger charge is -2.03. The third kappa shape index (κ3) is 3.44. The first-order valence-corrected chi connectivity index (χ1v) is 6.37. The van der Waals surface area contributed by atoms with Crippen LogP contribution in [0.4, 0.5) is 5.69 Å². The van der Waals surface area contributed by atoms with Crippen LogP contribution in [0.3, 0.4) is 0 Å². The maximum atomic E-state index is 11.2. The highest BCUT2D eigenvalue weighted by molar-refractivity contribution is 8.13. The average molecular weight is 257 g/mol. The minimum Gasteiger partial charge on any atom is -0.295 e. The fourth-order valence-corrected chi connectivity index (χ4v) is 1.83. The Balaban J connectivity index is 3.15. The van der Waals surface area contributed by atoms with E-state index in [1.807, 2.05) is 12.1 Å². The zero-order valence-corrected chi connectivity index (χ0v) is 10.9. The van der Waals surface area contributed by atoms with E-state index in [1.54, 1.807) is 30.5 Å². The summed E-state index contributed by atoms with van der Waals surface area (Å²) in [5.41, 5.74) is 1.13. The highest BCUT2D eigenvalue weighted by Gasteiger charge is 2.13. The molecule has 0 saturated heterocycles. The Kier molecular flexibility index (Phi) is 5.10. The molecule has 0 N–H and O–H groups in total. The van der Waals surface area contributed by atoms with Crippen LogP contribution < -0.4 is 0 Å². The number of benzene rings is 1. The molecule has 0 radical (unpaired) electrons. The van der Waals surface area contributed by atoms with Gasteiger partial charge in [0, 0.05) is 5.56 Å². The molecule has 0 aliphatic carbocycles. The number of hydrogen-bond acceptors (Lipinski definition) is 5. The fraction of sp³-hybridized carbons (Fsp3) is 0.231. The van der Waals surface area contributed by atoms with Crippen LogP contribution >= 0.6 is 11.8 Å². The molecule has 0 unspecified atom stereocenters. The summed E-state index contributed by atoms with van der Waals surface area (Å²) in [4.78, 5) is 15.5. The Labute approximate surface area is 110 Å². The molecule has 0 amide bonds. The standard InChI is InChI=1S/C13H11N3OS/c1-9(17)10-4-3-5-12(6-10)16-13(18-2)11(7-14)8-15/h3-6,11H,1-2H3. The normalized spacial score (nSPS) is 10.8. The molecule has 5 heteroatoms. The number of Topliss-reactive ketones (excluding diaryl/α,β-unsaturated/α-hetero) is 1. The van der Waals surface area contributed by atoms with E-state index in [0.717, 1.165) is 0 Å². The predicted octanol–water partition coefficient (Wildman–Crippen LogP) is 2.95. The van der Waals surface area contributed by atoms with Gasteiger partial charge in [0.25, 0.3) is 0 Å². The van der Waals surface area contributed by atoms with Gasteiger partial charge in [0.1, 0.15) is 5.04 Å². The summed E-state index contributed by atoms with van der Waals surface area (Å²) in [7, 11) is 0. The topological polar surface area (TPSA) is 77.0 Å². The van der Waals surface area contributed by atoms with Crippen molar-refractivity contribution in [3.05, 3.63) is 29.8 Å². The number of hydrogen-bond donors (Lipinski definition) is 0. The van der Waals surface area contributed by atoms with Crippen LogP contribution in [0.25, 0.3) is 0 Å². The first-order chi connectivity index (χ1) is 8.62. The first-order valence-electron chi connectivity index (χ1n) is 5.15. The largest absolute Gasteiger partial charge is 0.295 e. The van der Waals surface area contributed by atoms with Gasteiger partial charge in [0.2, 0.25) is 0 Å². The quantitative estimate of drug-likeness (QED) is 0.474. The van der Waals surface area contributed by atoms with Gasteiger partial charge in [-0.15, -0.1) is 11.8 Å². The molecule has 18 heavy (non-hydrogen) atoms. The molecule has 0 aliphatic rings. The molecule has 0 atom stereocenters. The lowest BCUT2D eigenvalue weighted by molar-refractivity contribution is 0.101. The summed E-state index contributed by atoms with van der Waals surface area (Å²) in [5.74, 6) is -0.921. The van der Waals surface area contributed by atoms with Gasteiger partial charge in [-0.2, -0.15) is 10.5 Å². The maximum Gasteiger partial charge on any atom is 0.181 e. The third-order valence-electron chi connectivity index (χ3n) is 2.21. The molecule has 1 aromatic rings. The second kappa shape index (κ2) is 6.58. The van der Waals surface area contributed by atoms with E-state index in [1.165, 1.54) is 18.7 Å². The van der Waals surface area contributed by atoms with Gasteiger partial charge in [-0.3, -0.25) is 4.79 Å². The fourth-order valence-electron chi connectivity index (χ4n) is 1.29. The summed E-state index contributed by atoms with van der Waals surface area (Å²) in [6.07, 6.45) is 1.76. The Morgan fingerprint density at radius 3 is 2.56 bits per heavy atom. The summed E-state index contributed by atoms with van der Waals surface area (Å²) >= 11 is 1.26. The van der Waals surface area contributed by atoms with Crippen molar-refractivity contribution in [2.75, 3.05) is 6.26 Å². The predicted molar refractivity (Wildman–Crippen MR) is 71.8 cm³/mol. The summed E-state index contributed by atoms with van der Waals surface area (Å²) < 4.78 is 0. The van der Waals surface area contributed by atoms with Crippen molar-refractivity contribution in [3.63, 3.8) is 0 Å². The second-order valence-electron chi connectivity index (χ2n) is 3.45. The molecule has 0 aromatic heterocycles. The minimum atomic E-state index is -0.874. The molecule has 0 aliphatic heterocycles. The van der Waals surface area contributed by atoms with Crippen LogP contribution in [-0.4, -0.2) is 17.1 Å². The Hall–Kier alpha value is -2.11. The molecule has 0 heterocycles. The Morgan fingerprint density at radius 1 is 1.39 bits per heavy atom. The van der Waals surface area contributed by atoms with E-state index in [4.69, 9.17) is 10.5 Å². The van der Waals surface area contributed by atoms with Gasteiger partial charge in [-0.25, -0.2) is 4.99 Å². The number of aliphatic imine (C=N–C) groups is 1. The van der Waals surface area contributed by atoms with Crippen molar-refractivity contribution in [2.45, 2.75) is 6.92 Å². The number of carbonyl (C=O) groups excluding carboxylic acids is 1. The van der Waals surface area contributed by atoms with Crippen LogP contribution in [0.5, 0.6) is 0 Å². The zero-order valence-electron chi connectivity index (χ0n) is 10.0. The van der Waals surface area contributed by atoms with Crippen molar-refractivity contribution in [1.29, 1.82) is 10.5 Å². The summed E-state index contributed by atoms with van der Waals surface area (Å²) in [6, 6.07) is 10.6. The molecular weight excluding hydrogens is 246 g/mol. The van der Waals surface area contributed by atoms with E-state index in [2.05, 4.69) is 4.99 Å². The van der Waals surface area contributed by atoms with Crippen molar-refractivity contribution < 1.29 is 4.79 Å². The van der Waals surface area contributed by atoms with Gasteiger partial charge in [-0.1, -0.05) is 12.1 Å². The van der Waals surface area contributed by atoms with E-state index in [-0.39, 0.29) is 5.78 Å². The van der Waals surface area contributed by atoms with Crippen LogP contribution in [-0.2, 0) is 0 Å². The molecule has 1 rings (SSSR count). The number of carbonyl (C=O) groups is 1. The molecule has 0 fully saturated rings. The summed E-state index contributed by atoms with van der Waals surface area (Å²) in [6.45, 7) is 1.48. The van der Waals surface area contributed by atoms with Crippen LogP contribution in [0, 0.1) is 28.6 Å². The van der Waals surface area contributed by atoms with Gasteiger partial charge in [-0.05, 0) is 25.3 Å². The van der Waals surface area contributed by atoms with Crippen molar-refractivity contribution in [1.82, 2.24) is 0 Å². The average Bonchev–Trinajstić information content (AvgIpc) is 2.39. The Morgan fingerprint density at radius 2 is 2.06 bits per heavy atom. The van der Waals surface area contributed by atoms with Gasteiger partial charge >= 0.3 is 0 Å². The lowest BCUT2D eigenvalue weighted by Crippen LogP contribution is -2.05. The third-order valence-corrected chi connectivity index (χ3v) is 2.95. The number of rotatable bonds is 3. The van der Waals surface area contributed by atoms with E-state index in [0.29, 0.717) is 16.3 Å². The monoisotopic (exact) mass is 257 g/mol. The molecule has 1 aromatic carbocycles. The highest BCUT2D eigenvalue weighted by atomic mass is 32.2. The first kappa shape index (κ1) is 14.0. The zero-order chi connectivity index (χ0) is 13.5. The highest BCUT2D eigenvalue weighted by Crippen LogP contribution is 2.19. The number of ketones is 1. The molecule has 0 bridgehead atoms. The minimum absolute atomic E-state index is 0.0464. The number of nitriles is 2. The molecular formula is C13H11N3OS. The number of thioether (sulfide) groups is 1. The maximum absolute atomic E-state index is 11.2. The van der Waals surface area contributed by atoms with Crippen LogP contribution in [0.1, 0.15) is 17.3 Å². The van der Waals surface area contributed by atoms with Crippen LogP contribution in [0.2, 0.25) is 0 Å². The van der Waals surface area contributed by atoms with Gasteiger partial charge in [0.05, 0.1) is 17.8 Å². The van der Waals surface area contributed by atoms with E-state index in [9.17, 15) is 4.79 Å².